The maximum Gasteiger partial charge on any atom is 0.125 e. The van der Waals surface area contributed by atoms with E-state index in [-0.39, 0.29) is 5.84 Å². The number of rotatable bonds is 3. The van der Waals surface area contributed by atoms with Gasteiger partial charge in [-0.15, -0.1) is 0 Å². The van der Waals surface area contributed by atoms with E-state index in [9.17, 15) is 0 Å². The average molecular weight is 357 g/mol. The highest BCUT2D eigenvalue weighted by molar-refractivity contribution is 9.10. The standard InChI is InChI=1S/C17H13BrN2S/c18-14-6-3-7-15(16(14)17(19)20)21-13-9-8-11-4-1-2-5-12(11)10-13/h1-10H,(H3,19,20). The van der Waals surface area contributed by atoms with Crippen molar-refractivity contribution in [3.63, 3.8) is 0 Å². The summed E-state index contributed by atoms with van der Waals surface area (Å²) in [7, 11) is 0. The first-order valence-electron chi connectivity index (χ1n) is 6.45. The van der Waals surface area contributed by atoms with E-state index < -0.39 is 0 Å². The number of hydrogen-bond acceptors (Lipinski definition) is 2. The normalized spacial score (nSPS) is 10.7. The molecule has 0 amide bonds. The first-order valence-corrected chi connectivity index (χ1v) is 8.05. The van der Waals surface area contributed by atoms with Crippen LogP contribution in [0.5, 0.6) is 0 Å². The molecule has 0 aromatic heterocycles. The van der Waals surface area contributed by atoms with E-state index in [0.29, 0.717) is 0 Å². The van der Waals surface area contributed by atoms with Crippen LogP contribution in [0, 0.1) is 5.41 Å². The van der Waals surface area contributed by atoms with Crippen molar-refractivity contribution in [3.05, 3.63) is 70.7 Å². The monoisotopic (exact) mass is 356 g/mol. The van der Waals surface area contributed by atoms with Crippen LogP contribution < -0.4 is 5.73 Å². The fraction of sp³-hybridized carbons (Fsp3) is 0. The van der Waals surface area contributed by atoms with Crippen molar-refractivity contribution in [2.75, 3.05) is 0 Å². The van der Waals surface area contributed by atoms with E-state index in [1.807, 2.05) is 30.3 Å². The molecule has 4 heteroatoms. The third-order valence-electron chi connectivity index (χ3n) is 3.19. The lowest BCUT2D eigenvalue weighted by atomic mass is 10.1. The summed E-state index contributed by atoms with van der Waals surface area (Å²) >= 11 is 5.09. The maximum atomic E-state index is 7.75. The Morgan fingerprint density at radius 1 is 0.952 bits per heavy atom. The van der Waals surface area contributed by atoms with E-state index in [4.69, 9.17) is 11.1 Å². The Kier molecular flexibility index (Phi) is 3.99. The SMILES string of the molecule is N=C(N)c1c(Br)cccc1Sc1ccc2ccccc2c1. The third-order valence-corrected chi connectivity index (χ3v) is 4.90. The first-order chi connectivity index (χ1) is 10.1. The minimum Gasteiger partial charge on any atom is -0.384 e. The van der Waals surface area contributed by atoms with Gasteiger partial charge in [0.2, 0.25) is 0 Å². The molecule has 0 aliphatic carbocycles. The maximum absolute atomic E-state index is 7.75. The fourth-order valence-corrected chi connectivity index (χ4v) is 3.96. The van der Waals surface area contributed by atoms with Gasteiger partial charge < -0.3 is 5.73 Å². The third kappa shape index (κ3) is 2.96. The molecular formula is C17H13BrN2S. The Hall–Kier alpha value is -1.78. The molecule has 0 unspecified atom stereocenters. The van der Waals surface area contributed by atoms with Crippen molar-refractivity contribution < 1.29 is 0 Å². The lowest BCUT2D eigenvalue weighted by molar-refractivity contribution is 1.32. The molecule has 3 aromatic rings. The molecule has 0 saturated heterocycles. The molecule has 0 aliphatic rings. The smallest absolute Gasteiger partial charge is 0.125 e. The van der Waals surface area contributed by atoms with Crippen LogP contribution in [0.4, 0.5) is 0 Å². The van der Waals surface area contributed by atoms with Gasteiger partial charge in [-0.05, 0) is 51.0 Å². The van der Waals surface area contributed by atoms with Gasteiger partial charge in [0.25, 0.3) is 0 Å². The lowest BCUT2D eigenvalue weighted by Gasteiger charge is -2.10. The molecule has 2 nitrogen and oxygen atoms in total. The summed E-state index contributed by atoms with van der Waals surface area (Å²) < 4.78 is 0.848. The lowest BCUT2D eigenvalue weighted by Crippen LogP contribution is -2.13. The van der Waals surface area contributed by atoms with Crippen LogP contribution in [0.2, 0.25) is 0 Å². The topological polar surface area (TPSA) is 49.9 Å². The van der Waals surface area contributed by atoms with Gasteiger partial charge in [-0.2, -0.15) is 0 Å². The van der Waals surface area contributed by atoms with Gasteiger partial charge in [0.05, 0.1) is 0 Å². The number of nitrogens with one attached hydrogen (secondary N) is 1. The molecule has 0 fully saturated rings. The summed E-state index contributed by atoms with van der Waals surface area (Å²) in [5, 5.41) is 10.2. The average Bonchev–Trinajstić information content (AvgIpc) is 2.47. The Morgan fingerprint density at radius 3 is 2.48 bits per heavy atom. The first kappa shape index (κ1) is 14.2. The van der Waals surface area contributed by atoms with Crippen LogP contribution in [0.15, 0.2) is 74.9 Å². The quantitative estimate of drug-likeness (QED) is 0.510. The number of halogens is 1. The molecule has 0 saturated carbocycles. The summed E-state index contributed by atoms with van der Waals surface area (Å²) in [6, 6.07) is 20.5. The molecule has 3 aromatic carbocycles. The van der Waals surface area contributed by atoms with E-state index >= 15 is 0 Å². The van der Waals surface area contributed by atoms with Gasteiger partial charge in [-0.1, -0.05) is 48.2 Å². The number of benzene rings is 3. The zero-order valence-corrected chi connectivity index (χ0v) is 13.5. The molecule has 21 heavy (non-hydrogen) atoms. The van der Waals surface area contributed by atoms with E-state index in [1.54, 1.807) is 11.8 Å². The summed E-state index contributed by atoms with van der Waals surface area (Å²) in [5.41, 5.74) is 6.45. The zero-order valence-electron chi connectivity index (χ0n) is 11.1. The highest BCUT2D eigenvalue weighted by Gasteiger charge is 2.11. The van der Waals surface area contributed by atoms with Crippen LogP contribution in [-0.4, -0.2) is 5.84 Å². The van der Waals surface area contributed by atoms with Crippen LogP contribution in [0.1, 0.15) is 5.56 Å². The van der Waals surface area contributed by atoms with Crippen molar-refractivity contribution in [2.45, 2.75) is 9.79 Å². The zero-order chi connectivity index (χ0) is 14.8. The second kappa shape index (κ2) is 5.92. The molecule has 104 valence electrons. The minimum atomic E-state index is 0.0748. The van der Waals surface area contributed by atoms with Crippen molar-refractivity contribution in [1.29, 1.82) is 5.41 Å². The van der Waals surface area contributed by atoms with Crippen molar-refractivity contribution in [3.8, 4) is 0 Å². The molecule has 0 spiro atoms. The summed E-state index contributed by atoms with van der Waals surface area (Å²) in [5.74, 6) is 0.0748. The highest BCUT2D eigenvalue weighted by atomic mass is 79.9. The Labute approximate surface area is 136 Å². The molecule has 0 bridgehead atoms. The summed E-state index contributed by atoms with van der Waals surface area (Å²) in [4.78, 5) is 2.11. The number of nitrogens with two attached hydrogens (primary N) is 1. The molecule has 3 rings (SSSR count). The number of amidine groups is 1. The minimum absolute atomic E-state index is 0.0748. The van der Waals surface area contributed by atoms with E-state index in [0.717, 1.165) is 19.8 Å². The number of hydrogen-bond donors (Lipinski definition) is 2. The number of nitrogen functional groups attached to an aromatic ring is 1. The molecule has 0 atom stereocenters. The molecule has 0 radical (unpaired) electrons. The van der Waals surface area contributed by atoms with Crippen LogP contribution in [-0.2, 0) is 0 Å². The van der Waals surface area contributed by atoms with E-state index in [2.05, 4.69) is 46.3 Å². The second-order valence-electron chi connectivity index (χ2n) is 4.64. The predicted molar refractivity (Wildman–Crippen MR) is 93.2 cm³/mol. The van der Waals surface area contributed by atoms with Crippen LogP contribution in [0.3, 0.4) is 0 Å². The Bertz CT molecular complexity index is 830. The van der Waals surface area contributed by atoms with Gasteiger partial charge >= 0.3 is 0 Å². The molecule has 0 aliphatic heterocycles. The van der Waals surface area contributed by atoms with Crippen molar-refractivity contribution in [2.24, 2.45) is 5.73 Å². The van der Waals surface area contributed by atoms with Crippen molar-refractivity contribution >= 4 is 44.3 Å². The van der Waals surface area contributed by atoms with Crippen molar-refractivity contribution in [1.82, 2.24) is 0 Å². The predicted octanol–water partition coefficient (Wildman–Crippen LogP) is 5.04. The van der Waals surface area contributed by atoms with Gasteiger partial charge in [0, 0.05) is 19.8 Å². The van der Waals surface area contributed by atoms with Gasteiger partial charge in [-0.3, -0.25) is 5.41 Å². The molecule has 0 heterocycles. The second-order valence-corrected chi connectivity index (χ2v) is 6.61. The van der Waals surface area contributed by atoms with Gasteiger partial charge in [0.1, 0.15) is 5.84 Å². The molecule has 3 N–H and O–H groups in total. The molecular weight excluding hydrogens is 344 g/mol. The highest BCUT2D eigenvalue weighted by Crippen LogP contribution is 2.34. The summed E-state index contributed by atoms with van der Waals surface area (Å²) in [6.07, 6.45) is 0. The van der Waals surface area contributed by atoms with Gasteiger partial charge in [-0.25, -0.2) is 0 Å². The number of fused-ring (bicyclic) bond motifs is 1. The summed E-state index contributed by atoms with van der Waals surface area (Å²) in [6.45, 7) is 0. The van der Waals surface area contributed by atoms with Gasteiger partial charge in [0.15, 0.2) is 0 Å². The van der Waals surface area contributed by atoms with Crippen LogP contribution in [0.25, 0.3) is 10.8 Å². The van der Waals surface area contributed by atoms with Crippen LogP contribution >= 0.6 is 27.7 Å². The Balaban J connectivity index is 2.02. The van der Waals surface area contributed by atoms with E-state index in [1.165, 1.54) is 10.8 Å². The fourth-order valence-electron chi connectivity index (χ4n) is 2.21. The largest absolute Gasteiger partial charge is 0.384 e. The Morgan fingerprint density at radius 2 is 1.71 bits per heavy atom.